The Morgan fingerprint density at radius 2 is 1.73 bits per heavy atom. The number of quaternary nitrogens is 1. The van der Waals surface area contributed by atoms with Gasteiger partial charge in [0, 0.05) is 16.7 Å². The van der Waals surface area contributed by atoms with Crippen molar-refractivity contribution in [2.45, 2.75) is 19.7 Å². The molecule has 0 radical (unpaired) electrons. The number of carboxylic acids is 1. The normalized spacial score (nSPS) is 10.6. The van der Waals surface area contributed by atoms with Crippen molar-refractivity contribution in [1.29, 1.82) is 0 Å². The van der Waals surface area contributed by atoms with Gasteiger partial charge in [-0.25, -0.2) is 4.39 Å². The average Bonchev–Trinajstić information content (AvgIpc) is 2.74. The monoisotopic (exact) mass is 429 g/mol. The van der Waals surface area contributed by atoms with Gasteiger partial charge < -0.3 is 24.7 Å². The van der Waals surface area contributed by atoms with Gasteiger partial charge in [-0.2, -0.15) is 0 Å². The van der Waals surface area contributed by atoms with Crippen LogP contribution in [0.2, 0.25) is 5.02 Å². The van der Waals surface area contributed by atoms with Crippen LogP contribution in [0.3, 0.4) is 0 Å². The number of hydrogen-bond donors (Lipinski definition) is 1. The number of hydrogen-bond acceptors (Lipinski definition) is 4. The molecule has 0 fully saturated rings. The van der Waals surface area contributed by atoms with E-state index in [0.717, 1.165) is 11.1 Å². The van der Waals surface area contributed by atoms with E-state index in [1.165, 1.54) is 18.2 Å². The number of carbonyl (C=O) groups excluding carboxylic acids is 1. The molecule has 0 spiro atoms. The molecule has 0 amide bonds. The predicted molar refractivity (Wildman–Crippen MR) is 109 cm³/mol. The largest absolute Gasteiger partial charge is 0.545 e. The summed E-state index contributed by atoms with van der Waals surface area (Å²) in [6.07, 6.45) is 0. The topological polar surface area (TPSA) is 75.2 Å². The second kappa shape index (κ2) is 10.1. The smallest absolute Gasteiger partial charge is 0.161 e. The second-order valence-corrected chi connectivity index (χ2v) is 7.06. The molecule has 7 heteroatoms. The lowest BCUT2D eigenvalue weighted by Gasteiger charge is -2.13. The van der Waals surface area contributed by atoms with Crippen LogP contribution in [0.1, 0.15) is 27.0 Å². The van der Waals surface area contributed by atoms with Crippen LogP contribution in [0, 0.1) is 5.82 Å². The standard InChI is InChI=1S/C23H21ClFNO4/c1-29-22-11-16(13-26-12-15-5-8-17(9-6-15)23(27)28)7-10-21(22)30-14-18-19(24)3-2-4-20(18)25/h2-11,26H,12-14H2,1H3,(H,27,28). The first-order valence-electron chi connectivity index (χ1n) is 9.32. The molecule has 3 aromatic carbocycles. The van der Waals surface area contributed by atoms with Crippen LogP contribution in [0.25, 0.3) is 0 Å². The fourth-order valence-corrected chi connectivity index (χ4v) is 3.18. The lowest BCUT2D eigenvalue weighted by atomic mass is 10.1. The Morgan fingerprint density at radius 1 is 1.03 bits per heavy atom. The van der Waals surface area contributed by atoms with Crippen LogP contribution < -0.4 is 19.9 Å². The number of halogens is 2. The van der Waals surface area contributed by atoms with E-state index in [1.807, 2.05) is 12.1 Å². The number of carbonyl (C=O) groups is 1. The Labute approximate surface area is 179 Å². The predicted octanol–water partition coefficient (Wildman–Crippen LogP) is 2.69. The molecule has 30 heavy (non-hydrogen) atoms. The molecule has 0 bridgehead atoms. The lowest BCUT2D eigenvalue weighted by molar-refractivity contribution is -0.686. The Morgan fingerprint density at radius 3 is 2.40 bits per heavy atom. The molecule has 0 aliphatic rings. The molecule has 0 unspecified atom stereocenters. The maximum absolute atomic E-state index is 13.9. The molecule has 0 aliphatic carbocycles. The number of nitrogens with two attached hydrogens (primary N) is 1. The van der Waals surface area contributed by atoms with Gasteiger partial charge in [0.1, 0.15) is 25.5 Å². The van der Waals surface area contributed by atoms with E-state index in [-0.39, 0.29) is 12.2 Å². The molecule has 0 aliphatic heterocycles. The molecule has 156 valence electrons. The van der Waals surface area contributed by atoms with Crippen molar-refractivity contribution in [3.05, 3.63) is 93.8 Å². The van der Waals surface area contributed by atoms with Gasteiger partial charge in [-0.15, -0.1) is 0 Å². The highest BCUT2D eigenvalue weighted by Gasteiger charge is 2.11. The maximum Gasteiger partial charge on any atom is 0.161 e. The Balaban J connectivity index is 1.59. The summed E-state index contributed by atoms with van der Waals surface area (Å²) < 4.78 is 25.0. The van der Waals surface area contributed by atoms with E-state index in [4.69, 9.17) is 21.1 Å². The van der Waals surface area contributed by atoms with Crippen molar-refractivity contribution in [3.63, 3.8) is 0 Å². The van der Waals surface area contributed by atoms with Crippen molar-refractivity contribution >= 4 is 17.6 Å². The highest BCUT2D eigenvalue weighted by Crippen LogP contribution is 2.30. The average molecular weight is 430 g/mol. The first kappa shape index (κ1) is 21.6. The van der Waals surface area contributed by atoms with E-state index in [0.29, 0.717) is 35.2 Å². The number of aromatic carboxylic acids is 1. The number of benzene rings is 3. The first-order valence-corrected chi connectivity index (χ1v) is 9.70. The summed E-state index contributed by atoms with van der Waals surface area (Å²) in [5.41, 5.74) is 2.49. The van der Waals surface area contributed by atoms with Crippen molar-refractivity contribution in [2.24, 2.45) is 0 Å². The van der Waals surface area contributed by atoms with Crippen molar-refractivity contribution in [1.82, 2.24) is 0 Å². The maximum atomic E-state index is 13.9. The third-order valence-corrected chi connectivity index (χ3v) is 4.97. The highest BCUT2D eigenvalue weighted by atomic mass is 35.5. The minimum absolute atomic E-state index is 0.00477. The summed E-state index contributed by atoms with van der Waals surface area (Å²) in [5.74, 6) is -0.553. The minimum Gasteiger partial charge on any atom is -0.545 e. The second-order valence-electron chi connectivity index (χ2n) is 6.66. The van der Waals surface area contributed by atoms with Crippen LogP contribution in [-0.4, -0.2) is 13.1 Å². The quantitative estimate of drug-likeness (QED) is 0.567. The molecule has 2 N–H and O–H groups in total. The molecule has 0 heterocycles. The van der Waals surface area contributed by atoms with Gasteiger partial charge in [-0.3, -0.25) is 0 Å². The number of carboxylic acid groups (broad SMARTS) is 1. The van der Waals surface area contributed by atoms with Crippen LogP contribution in [0.4, 0.5) is 4.39 Å². The van der Waals surface area contributed by atoms with Crippen molar-refractivity contribution in [3.8, 4) is 11.5 Å². The van der Waals surface area contributed by atoms with E-state index >= 15 is 0 Å². The fourth-order valence-electron chi connectivity index (χ4n) is 2.96. The number of methoxy groups -OCH3 is 1. The van der Waals surface area contributed by atoms with Gasteiger partial charge in [0.2, 0.25) is 0 Å². The molecule has 3 rings (SSSR count). The van der Waals surface area contributed by atoms with Gasteiger partial charge in [-0.1, -0.05) is 41.9 Å². The molecule has 0 saturated heterocycles. The summed E-state index contributed by atoms with van der Waals surface area (Å²) in [4.78, 5) is 10.8. The lowest BCUT2D eigenvalue weighted by Crippen LogP contribution is -2.80. The van der Waals surface area contributed by atoms with Crippen LogP contribution in [-0.2, 0) is 19.7 Å². The molecule has 0 aromatic heterocycles. The van der Waals surface area contributed by atoms with Crippen LogP contribution in [0.5, 0.6) is 11.5 Å². The summed E-state index contributed by atoms with van der Waals surface area (Å²) in [5, 5.41) is 13.2. The van der Waals surface area contributed by atoms with Gasteiger partial charge in [-0.05, 0) is 35.9 Å². The molecule has 0 saturated carbocycles. The van der Waals surface area contributed by atoms with E-state index < -0.39 is 11.8 Å². The van der Waals surface area contributed by atoms with Gasteiger partial charge >= 0.3 is 0 Å². The van der Waals surface area contributed by atoms with E-state index in [1.54, 1.807) is 37.4 Å². The van der Waals surface area contributed by atoms with Crippen LogP contribution in [0.15, 0.2) is 60.7 Å². The van der Waals surface area contributed by atoms with Gasteiger partial charge in [0.25, 0.3) is 0 Å². The van der Waals surface area contributed by atoms with Gasteiger partial charge in [0.05, 0.1) is 18.1 Å². The summed E-state index contributed by atoms with van der Waals surface area (Å²) in [6, 6.07) is 16.7. The van der Waals surface area contributed by atoms with Crippen molar-refractivity contribution in [2.75, 3.05) is 7.11 Å². The number of ether oxygens (including phenoxy) is 2. The Kier molecular flexibility index (Phi) is 7.27. The molecule has 3 aromatic rings. The highest BCUT2D eigenvalue weighted by molar-refractivity contribution is 6.31. The molecule has 0 atom stereocenters. The van der Waals surface area contributed by atoms with Gasteiger partial charge in [0.15, 0.2) is 11.5 Å². The van der Waals surface area contributed by atoms with Crippen LogP contribution >= 0.6 is 11.6 Å². The number of rotatable bonds is 9. The van der Waals surface area contributed by atoms with E-state index in [2.05, 4.69) is 5.32 Å². The Hall–Kier alpha value is -3.09. The van der Waals surface area contributed by atoms with E-state index in [9.17, 15) is 14.3 Å². The Bertz CT molecular complexity index is 1000. The zero-order valence-corrected chi connectivity index (χ0v) is 17.1. The first-order chi connectivity index (χ1) is 14.5. The minimum atomic E-state index is -1.18. The summed E-state index contributed by atoms with van der Waals surface area (Å²) >= 11 is 6.04. The fraction of sp³-hybridized carbons (Fsp3) is 0.174. The summed E-state index contributed by atoms with van der Waals surface area (Å²) in [7, 11) is 1.55. The molecular weight excluding hydrogens is 409 g/mol. The van der Waals surface area contributed by atoms with Crippen molar-refractivity contribution < 1.29 is 29.1 Å². The third-order valence-electron chi connectivity index (χ3n) is 4.61. The summed E-state index contributed by atoms with van der Waals surface area (Å²) in [6.45, 7) is 1.38. The zero-order chi connectivity index (χ0) is 21.5. The third kappa shape index (κ3) is 5.49. The SMILES string of the molecule is COc1cc(C[NH2+]Cc2ccc(C(=O)[O-])cc2)ccc1OCc1c(F)cccc1Cl. The molecule has 5 nitrogen and oxygen atoms in total. The zero-order valence-electron chi connectivity index (χ0n) is 16.4. The molecular formula is C23H21ClFNO4.